The highest BCUT2D eigenvalue weighted by molar-refractivity contribution is 5.83. The molecule has 0 fully saturated rings. The summed E-state index contributed by atoms with van der Waals surface area (Å²) in [5.74, 6) is -0.183. The number of aliphatic carboxylic acids is 1. The average molecular weight is 245 g/mol. The zero-order valence-corrected chi connectivity index (χ0v) is 10.6. The van der Waals surface area contributed by atoms with Crippen LogP contribution in [0.3, 0.4) is 0 Å². The van der Waals surface area contributed by atoms with E-state index in [-0.39, 0.29) is 0 Å². The predicted molar refractivity (Wildman–Crippen MR) is 69.0 cm³/mol. The number of benzene rings is 1. The highest BCUT2D eigenvalue weighted by atomic mass is 16.5. The van der Waals surface area contributed by atoms with Crippen LogP contribution in [0.15, 0.2) is 30.3 Å². The predicted octanol–water partition coefficient (Wildman–Crippen LogP) is 2.61. The Bertz CT molecular complexity index is 605. The topological polar surface area (TPSA) is 59.4 Å². The molecule has 0 spiro atoms. The average Bonchev–Trinajstić information content (AvgIpc) is 2.37. The largest absolute Gasteiger partial charge is 0.497 e. The van der Waals surface area contributed by atoms with E-state index >= 15 is 0 Å². The summed E-state index contributed by atoms with van der Waals surface area (Å²) >= 11 is 0. The monoisotopic (exact) mass is 245 g/mol. The number of hydrogen-bond acceptors (Lipinski definition) is 3. The first-order valence-electron chi connectivity index (χ1n) is 5.64. The molecule has 94 valence electrons. The molecule has 0 atom stereocenters. The van der Waals surface area contributed by atoms with E-state index in [0.717, 1.165) is 10.9 Å². The normalized spacial score (nSPS) is 11.5. The summed E-state index contributed by atoms with van der Waals surface area (Å²) in [6.45, 7) is 3.29. The van der Waals surface area contributed by atoms with Gasteiger partial charge in [-0.05, 0) is 32.0 Å². The lowest BCUT2D eigenvalue weighted by Crippen LogP contribution is -2.29. The van der Waals surface area contributed by atoms with E-state index in [1.165, 1.54) is 0 Å². The number of rotatable bonds is 3. The maximum atomic E-state index is 11.2. The Balaban J connectivity index is 2.58. The van der Waals surface area contributed by atoms with Crippen LogP contribution in [0.5, 0.6) is 5.75 Å². The molecule has 0 aliphatic carbocycles. The van der Waals surface area contributed by atoms with E-state index in [0.29, 0.717) is 11.4 Å². The highest BCUT2D eigenvalue weighted by Gasteiger charge is 2.31. The van der Waals surface area contributed by atoms with E-state index in [9.17, 15) is 9.90 Å². The van der Waals surface area contributed by atoms with Crippen molar-refractivity contribution in [2.45, 2.75) is 19.3 Å². The van der Waals surface area contributed by atoms with Crippen molar-refractivity contribution in [2.75, 3.05) is 7.11 Å². The highest BCUT2D eigenvalue weighted by Crippen LogP contribution is 2.25. The van der Waals surface area contributed by atoms with Crippen LogP contribution in [0, 0.1) is 0 Å². The van der Waals surface area contributed by atoms with Crippen molar-refractivity contribution < 1.29 is 14.6 Å². The molecule has 0 aliphatic rings. The van der Waals surface area contributed by atoms with Crippen LogP contribution in [0.2, 0.25) is 0 Å². The fourth-order valence-electron chi connectivity index (χ4n) is 1.68. The zero-order valence-electron chi connectivity index (χ0n) is 10.6. The van der Waals surface area contributed by atoms with E-state index in [1.807, 2.05) is 18.2 Å². The Hall–Kier alpha value is -2.10. The summed E-state index contributed by atoms with van der Waals surface area (Å²) in [6, 6.07) is 9.19. The van der Waals surface area contributed by atoms with Crippen molar-refractivity contribution in [3.8, 4) is 5.75 Å². The molecule has 2 aromatic rings. The molecule has 0 aliphatic heterocycles. The Kier molecular flexibility index (Phi) is 2.95. The lowest BCUT2D eigenvalue weighted by Gasteiger charge is -2.18. The number of fused-ring (bicyclic) bond motifs is 1. The van der Waals surface area contributed by atoms with Crippen molar-refractivity contribution in [3.05, 3.63) is 36.0 Å². The molecular weight excluding hydrogens is 230 g/mol. The van der Waals surface area contributed by atoms with Gasteiger partial charge in [0.15, 0.2) is 0 Å². The molecule has 4 nitrogen and oxygen atoms in total. The van der Waals surface area contributed by atoms with Crippen molar-refractivity contribution in [3.63, 3.8) is 0 Å². The van der Waals surface area contributed by atoms with Crippen LogP contribution < -0.4 is 4.74 Å². The van der Waals surface area contributed by atoms with Crippen LogP contribution in [-0.2, 0) is 10.2 Å². The van der Waals surface area contributed by atoms with Crippen molar-refractivity contribution in [1.82, 2.24) is 4.98 Å². The molecule has 18 heavy (non-hydrogen) atoms. The third kappa shape index (κ3) is 2.01. The second kappa shape index (κ2) is 4.29. The Morgan fingerprint density at radius 2 is 1.94 bits per heavy atom. The molecule has 1 heterocycles. The number of pyridine rings is 1. The number of nitrogens with zero attached hydrogens (tertiary/aromatic N) is 1. The standard InChI is InChI=1S/C14H15NO3/c1-14(2,13(16)17)12-7-5-9-4-6-10(18-3)8-11(9)15-12/h4-8H,1-3H3,(H,16,17). The minimum absolute atomic E-state index is 0.538. The van der Waals surface area contributed by atoms with E-state index in [2.05, 4.69) is 4.98 Å². The first-order valence-corrected chi connectivity index (χ1v) is 5.64. The molecule has 1 aromatic carbocycles. The molecule has 0 radical (unpaired) electrons. The first-order chi connectivity index (χ1) is 8.45. The number of aromatic nitrogens is 1. The van der Waals surface area contributed by atoms with Gasteiger partial charge in [0, 0.05) is 11.5 Å². The van der Waals surface area contributed by atoms with Crippen LogP contribution in [0.1, 0.15) is 19.5 Å². The van der Waals surface area contributed by atoms with Gasteiger partial charge in [0.2, 0.25) is 0 Å². The summed E-state index contributed by atoms with van der Waals surface area (Å²) in [4.78, 5) is 15.6. The fourth-order valence-corrected chi connectivity index (χ4v) is 1.68. The molecule has 0 saturated heterocycles. The number of carbonyl (C=O) groups is 1. The maximum Gasteiger partial charge on any atom is 0.315 e. The third-order valence-electron chi connectivity index (χ3n) is 3.07. The third-order valence-corrected chi connectivity index (χ3v) is 3.07. The number of carboxylic acid groups (broad SMARTS) is 1. The molecule has 4 heteroatoms. The quantitative estimate of drug-likeness (QED) is 0.903. The molecule has 0 unspecified atom stereocenters. The van der Waals surface area contributed by atoms with Gasteiger partial charge < -0.3 is 9.84 Å². The summed E-state index contributed by atoms with van der Waals surface area (Å²) in [6.07, 6.45) is 0. The van der Waals surface area contributed by atoms with Gasteiger partial charge in [0.25, 0.3) is 0 Å². The van der Waals surface area contributed by atoms with Crippen molar-refractivity contribution in [1.29, 1.82) is 0 Å². The Labute approximate surface area is 105 Å². The second-order valence-electron chi connectivity index (χ2n) is 4.69. The number of hydrogen-bond donors (Lipinski definition) is 1. The maximum absolute atomic E-state index is 11.2. The van der Waals surface area contributed by atoms with Crippen LogP contribution in [0.25, 0.3) is 10.9 Å². The Morgan fingerprint density at radius 3 is 2.56 bits per heavy atom. The van der Waals surface area contributed by atoms with E-state index in [4.69, 9.17) is 4.74 Å². The first kappa shape index (κ1) is 12.4. The van der Waals surface area contributed by atoms with Crippen molar-refractivity contribution in [2.24, 2.45) is 0 Å². The number of carboxylic acids is 1. The molecule has 0 amide bonds. The molecule has 2 rings (SSSR count). The molecular formula is C14H15NO3. The van der Waals surface area contributed by atoms with Crippen LogP contribution in [-0.4, -0.2) is 23.2 Å². The van der Waals surface area contributed by atoms with Crippen molar-refractivity contribution >= 4 is 16.9 Å². The number of ether oxygens (including phenoxy) is 1. The van der Waals surface area contributed by atoms with Gasteiger partial charge in [-0.1, -0.05) is 6.07 Å². The fraction of sp³-hybridized carbons (Fsp3) is 0.286. The smallest absolute Gasteiger partial charge is 0.315 e. The van der Waals surface area contributed by atoms with Gasteiger partial charge >= 0.3 is 5.97 Å². The van der Waals surface area contributed by atoms with Gasteiger partial charge in [0.05, 0.1) is 18.3 Å². The van der Waals surface area contributed by atoms with Gasteiger partial charge in [-0.15, -0.1) is 0 Å². The number of methoxy groups -OCH3 is 1. The van der Waals surface area contributed by atoms with Gasteiger partial charge in [-0.25, -0.2) is 0 Å². The minimum Gasteiger partial charge on any atom is -0.497 e. The van der Waals surface area contributed by atoms with E-state index in [1.54, 1.807) is 33.1 Å². The summed E-state index contributed by atoms with van der Waals surface area (Å²) < 4.78 is 5.14. The Morgan fingerprint density at radius 1 is 1.28 bits per heavy atom. The second-order valence-corrected chi connectivity index (χ2v) is 4.69. The summed E-state index contributed by atoms with van der Waals surface area (Å²) in [5, 5.41) is 10.2. The molecule has 0 saturated carbocycles. The summed E-state index contributed by atoms with van der Waals surface area (Å²) in [5.41, 5.74) is 0.272. The van der Waals surface area contributed by atoms with Crippen LogP contribution in [0.4, 0.5) is 0 Å². The zero-order chi connectivity index (χ0) is 13.3. The lowest BCUT2D eigenvalue weighted by atomic mass is 9.89. The van der Waals surface area contributed by atoms with E-state index < -0.39 is 11.4 Å². The molecule has 1 N–H and O–H groups in total. The lowest BCUT2D eigenvalue weighted by molar-refractivity contribution is -0.142. The molecule has 0 bridgehead atoms. The summed E-state index contributed by atoms with van der Waals surface area (Å²) in [7, 11) is 1.59. The minimum atomic E-state index is -1.00. The van der Waals surface area contributed by atoms with Gasteiger partial charge in [-0.2, -0.15) is 0 Å². The van der Waals surface area contributed by atoms with Crippen LogP contribution >= 0.6 is 0 Å². The SMILES string of the molecule is COc1ccc2ccc(C(C)(C)C(=O)O)nc2c1. The molecule has 1 aromatic heterocycles. The van der Waals surface area contributed by atoms with Gasteiger partial charge in [-0.3, -0.25) is 9.78 Å². The van der Waals surface area contributed by atoms with Gasteiger partial charge in [0.1, 0.15) is 11.2 Å².